The zero-order valence-electron chi connectivity index (χ0n) is 13.9. The summed E-state index contributed by atoms with van der Waals surface area (Å²) in [5.74, 6) is 0.875. The number of amides is 1. The molecule has 1 amide bonds. The highest BCUT2D eigenvalue weighted by molar-refractivity contribution is 5.87. The van der Waals surface area contributed by atoms with Crippen LogP contribution in [0.25, 0.3) is 10.9 Å². The monoisotopic (exact) mass is 333 g/mol. The molecule has 1 saturated heterocycles. The molecule has 3 aromatic rings. The van der Waals surface area contributed by atoms with Gasteiger partial charge in [0.15, 0.2) is 0 Å². The Hall–Kier alpha value is -3.02. The van der Waals surface area contributed by atoms with Crippen LogP contribution in [0, 0.1) is 0 Å². The van der Waals surface area contributed by atoms with Gasteiger partial charge >= 0.3 is 0 Å². The molecule has 6 nitrogen and oxygen atoms in total. The predicted octanol–water partition coefficient (Wildman–Crippen LogP) is 1.92. The zero-order valence-corrected chi connectivity index (χ0v) is 13.9. The molecule has 126 valence electrons. The van der Waals surface area contributed by atoms with E-state index < -0.39 is 0 Å². The fourth-order valence-electron chi connectivity index (χ4n) is 3.20. The maximum absolute atomic E-state index is 12.7. The summed E-state index contributed by atoms with van der Waals surface area (Å²) < 4.78 is 0. The molecule has 1 aromatic carbocycles. The van der Waals surface area contributed by atoms with E-state index in [9.17, 15) is 4.79 Å². The Kier molecular flexibility index (Phi) is 4.24. The average molecular weight is 333 g/mol. The Labute approximate surface area is 146 Å². The van der Waals surface area contributed by atoms with Crippen molar-refractivity contribution in [3.63, 3.8) is 0 Å². The summed E-state index contributed by atoms with van der Waals surface area (Å²) in [6.07, 6.45) is 5.64. The van der Waals surface area contributed by atoms with Crippen LogP contribution in [0.1, 0.15) is 5.56 Å². The quantitative estimate of drug-likeness (QED) is 0.733. The number of hydrogen-bond donors (Lipinski definition) is 0. The molecular formula is C19H19N5O. The van der Waals surface area contributed by atoms with Crippen molar-refractivity contribution in [3.05, 3.63) is 60.6 Å². The van der Waals surface area contributed by atoms with Gasteiger partial charge in [-0.1, -0.05) is 24.3 Å². The Morgan fingerprint density at radius 3 is 2.40 bits per heavy atom. The lowest BCUT2D eigenvalue weighted by atomic mass is 10.1. The number of pyridine rings is 1. The predicted molar refractivity (Wildman–Crippen MR) is 96.3 cm³/mol. The third kappa shape index (κ3) is 3.28. The van der Waals surface area contributed by atoms with Gasteiger partial charge in [0, 0.05) is 50.2 Å². The van der Waals surface area contributed by atoms with Crippen LogP contribution in [0.5, 0.6) is 0 Å². The Balaban J connectivity index is 1.42. The maximum Gasteiger partial charge on any atom is 0.227 e. The van der Waals surface area contributed by atoms with Crippen LogP contribution in [0.3, 0.4) is 0 Å². The molecular weight excluding hydrogens is 314 g/mol. The lowest BCUT2D eigenvalue weighted by Crippen LogP contribution is -2.49. The third-order valence-electron chi connectivity index (χ3n) is 4.53. The highest BCUT2D eigenvalue weighted by Gasteiger charge is 2.22. The van der Waals surface area contributed by atoms with Crippen molar-refractivity contribution in [1.29, 1.82) is 0 Å². The van der Waals surface area contributed by atoms with Gasteiger partial charge in [-0.15, -0.1) is 0 Å². The van der Waals surface area contributed by atoms with Crippen LogP contribution in [0.4, 0.5) is 5.95 Å². The van der Waals surface area contributed by atoms with Gasteiger partial charge < -0.3 is 9.80 Å². The topological polar surface area (TPSA) is 62.2 Å². The highest BCUT2D eigenvalue weighted by atomic mass is 16.2. The van der Waals surface area contributed by atoms with Crippen molar-refractivity contribution >= 4 is 22.8 Å². The summed E-state index contributed by atoms with van der Waals surface area (Å²) in [5, 5.41) is 1.07. The fourth-order valence-corrected chi connectivity index (χ4v) is 3.20. The summed E-state index contributed by atoms with van der Waals surface area (Å²) in [6.45, 7) is 2.89. The molecule has 1 aliphatic rings. The lowest BCUT2D eigenvalue weighted by molar-refractivity contribution is -0.130. The first-order valence-electron chi connectivity index (χ1n) is 8.43. The second-order valence-electron chi connectivity index (χ2n) is 6.09. The Bertz CT molecular complexity index is 870. The number of piperazine rings is 1. The first kappa shape index (κ1) is 15.5. The van der Waals surface area contributed by atoms with Gasteiger partial charge in [-0.05, 0) is 17.7 Å². The van der Waals surface area contributed by atoms with E-state index >= 15 is 0 Å². The lowest BCUT2D eigenvalue weighted by Gasteiger charge is -2.34. The van der Waals surface area contributed by atoms with Crippen molar-refractivity contribution in [2.75, 3.05) is 31.1 Å². The molecule has 0 atom stereocenters. The first-order valence-corrected chi connectivity index (χ1v) is 8.43. The standard InChI is InChI=1S/C19H19N5O/c25-17(14-16-5-1-4-15-6-2-7-20-18(15)16)23-10-12-24(13-11-23)19-21-8-3-9-22-19/h1-9H,10-14H2. The molecule has 1 fully saturated rings. The van der Waals surface area contributed by atoms with E-state index in [4.69, 9.17) is 0 Å². The normalized spacial score (nSPS) is 14.7. The van der Waals surface area contributed by atoms with Crippen LogP contribution < -0.4 is 4.90 Å². The van der Waals surface area contributed by atoms with Crippen LogP contribution >= 0.6 is 0 Å². The fraction of sp³-hybridized carbons (Fsp3) is 0.263. The third-order valence-corrected chi connectivity index (χ3v) is 4.53. The number of hydrogen-bond acceptors (Lipinski definition) is 5. The molecule has 0 spiro atoms. The van der Waals surface area contributed by atoms with Gasteiger partial charge in [-0.3, -0.25) is 9.78 Å². The number of fused-ring (bicyclic) bond motifs is 1. The minimum absolute atomic E-state index is 0.145. The molecule has 6 heteroatoms. The minimum Gasteiger partial charge on any atom is -0.339 e. The van der Waals surface area contributed by atoms with Crippen LogP contribution in [0.2, 0.25) is 0 Å². The maximum atomic E-state index is 12.7. The molecule has 0 unspecified atom stereocenters. The molecule has 1 aliphatic heterocycles. The van der Waals surface area contributed by atoms with E-state index in [0.29, 0.717) is 19.5 Å². The van der Waals surface area contributed by atoms with E-state index in [1.807, 2.05) is 41.3 Å². The molecule has 3 heterocycles. The Morgan fingerprint density at radius 2 is 1.60 bits per heavy atom. The number of rotatable bonds is 3. The van der Waals surface area contributed by atoms with Gasteiger partial charge in [-0.2, -0.15) is 0 Å². The van der Waals surface area contributed by atoms with Gasteiger partial charge in [0.1, 0.15) is 0 Å². The van der Waals surface area contributed by atoms with Gasteiger partial charge in [0.05, 0.1) is 11.9 Å². The molecule has 2 aromatic heterocycles. The zero-order chi connectivity index (χ0) is 17.1. The van der Waals surface area contributed by atoms with Gasteiger partial charge in [0.25, 0.3) is 0 Å². The second kappa shape index (κ2) is 6.84. The SMILES string of the molecule is O=C(Cc1cccc2cccnc12)N1CCN(c2ncccn2)CC1. The van der Waals surface area contributed by atoms with E-state index in [-0.39, 0.29) is 5.91 Å². The van der Waals surface area contributed by atoms with E-state index in [1.54, 1.807) is 18.6 Å². The Morgan fingerprint density at radius 1 is 0.880 bits per heavy atom. The highest BCUT2D eigenvalue weighted by Crippen LogP contribution is 2.18. The molecule has 0 radical (unpaired) electrons. The average Bonchev–Trinajstić information content (AvgIpc) is 2.69. The molecule has 0 N–H and O–H groups in total. The van der Waals surface area contributed by atoms with E-state index in [1.165, 1.54) is 0 Å². The van der Waals surface area contributed by atoms with Gasteiger partial charge in [-0.25, -0.2) is 9.97 Å². The number of anilines is 1. The van der Waals surface area contributed by atoms with Crippen molar-refractivity contribution in [1.82, 2.24) is 19.9 Å². The largest absolute Gasteiger partial charge is 0.339 e. The number of carbonyl (C=O) groups excluding carboxylic acids is 1. The minimum atomic E-state index is 0.145. The molecule has 0 aliphatic carbocycles. The number of para-hydroxylation sites is 1. The van der Waals surface area contributed by atoms with Crippen LogP contribution in [-0.4, -0.2) is 51.9 Å². The van der Waals surface area contributed by atoms with Crippen molar-refractivity contribution in [3.8, 4) is 0 Å². The van der Waals surface area contributed by atoms with Gasteiger partial charge in [0.2, 0.25) is 11.9 Å². The molecule has 25 heavy (non-hydrogen) atoms. The number of carbonyl (C=O) groups is 1. The van der Waals surface area contributed by atoms with Crippen LogP contribution in [-0.2, 0) is 11.2 Å². The summed E-state index contributed by atoms with van der Waals surface area (Å²) in [5.41, 5.74) is 1.89. The number of nitrogens with zero attached hydrogens (tertiary/aromatic N) is 5. The summed E-state index contributed by atoms with van der Waals surface area (Å²) in [4.78, 5) is 29.7. The number of benzene rings is 1. The molecule has 0 saturated carbocycles. The van der Waals surface area contributed by atoms with E-state index in [2.05, 4.69) is 19.9 Å². The summed E-state index contributed by atoms with van der Waals surface area (Å²) >= 11 is 0. The smallest absolute Gasteiger partial charge is 0.227 e. The van der Waals surface area contributed by atoms with Crippen molar-refractivity contribution < 1.29 is 4.79 Å². The van der Waals surface area contributed by atoms with Crippen molar-refractivity contribution in [2.45, 2.75) is 6.42 Å². The van der Waals surface area contributed by atoms with Crippen molar-refractivity contribution in [2.24, 2.45) is 0 Å². The summed E-state index contributed by atoms with van der Waals surface area (Å²) in [7, 11) is 0. The second-order valence-corrected chi connectivity index (χ2v) is 6.09. The summed E-state index contributed by atoms with van der Waals surface area (Å²) in [6, 6.07) is 11.7. The first-order chi connectivity index (χ1) is 12.3. The van der Waals surface area contributed by atoms with Crippen LogP contribution in [0.15, 0.2) is 55.0 Å². The number of aromatic nitrogens is 3. The van der Waals surface area contributed by atoms with E-state index in [0.717, 1.165) is 35.5 Å². The molecule has 0 bridgehead atoms. The molecule has 4 rings (SSSR count).